The Morgan fingerprint density at radius 3 is 2.28 bits per heavy atom. The van der Waals surface area contributed by atoms with Crippen molar-refractivity contribution in [3.8, 4) is 0 Å². The minimum atomic E-state index is -0.195. The van der Waals surface area contributed by atoms with Gasteiger partial charge >= 0.3 is 0 Å². The van der Waals surface area contributed by atoms with Gasteiger partial charge in [0.2, 0.25) is 0 Å². The second-order valence-electron chi connectivity index (χ2n) is 4.28. The number of hydrogen-bond acceptors (Lipinski definition) is 1. The van der Waals surface area contributed by atoms with Crippen LogP contribution in [-0.2, 0) is 6.54 Å². The Labute approximate surface area is 115 Å². The van der Waals surface area contributed by atoms with Crippen molar-refractivity contribution < 1.29 is 4.39 Å². The summed E-state index contributed by atoms with van der Waals surface area (Å²) in [7, 11) is 0. The molecule has 0 amide bonds. The predicted molar refractivity (Wildman–Crippen MR) is 75.8 cm³/mol. The van der Waals surface area contributed by atoms with Crippen LogP contribution in [0.3, 0.4) is 0 Å². The lowest BCUT2D eigenvalue weighted by molar-refractivity contribution is 0.573. The molecule has 0 unspecified atom stereocenters. The summed E-state index contributed by atoms with van der Waals surface area (Å²) < 4.78 is 13.8. The van der Waals surface area contributed by atoms with Crippen molar-refractivity contribution in [1.29, 1.82) is 0 Å². The SMILES string of the molecule is C[C@@H](NCc1ccc(F)cc1)c1ccc(Br)cc1. The van der Waals surface area contributed by atoms with E-state index < -0.39 is 0 Å². The zero-order valence-corrected chi connectivity index (χ0v) is 11.7. The number of halogens is 2. The summed E-state index contributed by atoms with van der Waals surface area (Å²) in [4.78, 5) is 0. The number of benzene rings is 2. The van der Waals surface area contributed by atoms with Crippen LogP contribution in [0.4, 0.5) is 4.39 Å². The van der Waals surface area contributed by atoms with Crippen molar-refractivity contribution in [2.45, 2.75) is 19.5 Å². The first-order valence-corrected chi connectivity index (χ1v) is 6.68. The van der Waals surface area contributed by atoms with Crippen LogP contribution < -0.4 is 5.32 Å². The smallest absolute Gasteiger partial charge is 0.123 e. The molecule has 2 aromatic carbocycles. The van der Waals surface area contributed by atoms with Gasteiger partial charge in [0.25, 0.3) is 0 Å². The van der Waals surface area contributed by atoms with Crippen molar-refractivity contribution in [2.24, 2.45) is 0 Å². The molecule has 1 nitrogen and oxygen atoms in total. The van der Waals surface area contributed by atoms with E-state index in [1.165, 1.54) is 17.7 Å². The minimum absolute atomic E-state index is 0.195. The molecule has 94 valence electrons. The molecule has 0 aromatic heterocycles. The normalized spacial score (nSPS) is 12.4. The van der Waals surface area contributed by atoms with Crippen molar-refractivity contribution in [3.05, 3.63) is 69.9 Å². The van der Waals surface area contributed by atoms with Crippen molar-refractivity contribution in [2.75, 3.05) is 0 Å². The van der Waals surface area contributed by atoms with Gasteiger partial charge in [-0.1, -0.05) is 40.2 Å². The second-order valence-corrected chi connectivity index (χ2v) is 5.20. The average Bonchev–Trinajstić information content (AvgIpc) is 2.38. The lowest BCUT2D eigenvalue weighted by Crippen LogP contribution is -2.17. The van der Waals surface area contributed by atoms with Crippen LogP contribution in [0.15, 0.2) is 53.0 Å². The Bertz CT molecular complexity index is 493. The molecule has 0 spiro atoms. The van der Waals surface area contributed by atoms with E-state index in [4.69, 9.17) is 0 Å². The summed E-state index contributed by atoms with van der Waals surface area (Å²) in [5.41, 5.74) is 2.32. The molecule has 3 heteroatoms. The lowest BCUT2D eigenvalue weighted by Gasteiger charge is -2.14. The van der Waals surface area contributed by atoms with Gasteiger partial charge in [0.15, 0.2) is 0 Å². The first kappa shape index (κ1) is 13.2. The molecule has 0 aliphatic rings. The second kappa shape index (κ2) is 6.12. The van der Waals surface area contributed by atoms with Crippen LogP contribution >= 0.6 is 15.9 Å². The molecule has 1 N–H and O–H groups in total. The van der Waals surface area contributed by atoms with E-state index in [0.717, 1.165) is 16.6 Å². The van der Waals surface area contributed by atoms with Crippen LogP contribution in [0, 0.1) is 5.82 Å². The molecule has 0 saturated heterocycles. The van der Waals surface area contributed by atoms with Gasteiger partial charge in [-0.15, -0.1) is 0 Å². The highest BCUT2D eigenvalue weighted by molar-refractivity contribution is 9.10. The third-order valence-corrected chi connectivity index (χ3v) is 3.42. The van der Waals surface area contributed by atoms with Crippen LogP contribution in [0.2, 0.25) is 0 Å². The van der Waals surface area contributed by atoms with Gasteiger partial charge in [0.05, 0.1) is 0 Å². The van der Waals surface area contributed by atoms with Crippen LogP contribution in [0.25, 0.3) is 0 Å². The maximum atomic E-state index is 12.8. The molecule has 0 aliphatic heterocycles. The van der Waals surface area contributed by atoms with Gasteiger partial charge < -0.3 is 5.32 Å². The summed E-state index contributed by atoms with van der Waals surface area (Å²) in [5.74, 6) is -0.195. The molecule has 0 fully saturated rings. The monoisotopic (exact) mass is 307 g/mol. The highest BCUT2D eigenvalue weighted by atomic mass is 79.9. The first-order valence-electron chi connectivity index (χ1n) is 5.88. The molecular formula is C15H15BrFN. The van der Waals surface area contributed by atoms with E-state index in [1.807, 2.05) is 12.1 Å². The fraction of sp³-hybridized carbons (Fsp3) is 0.200. The molecule has 18 heavy (non-hydrogen) atoms. The van der Waals surface area contributed by atoms with Crippen molar-refractivity contribution >= 4 is 15.9 Å². The fourth-order valence-electron chi connectivity index (χ4n) is 1.74. The van der Waals surface area contributed by atoms with E-state index in [9.17, 15) is 4.39 Å². The zero-order chi connectivity index (χ0) is 13.0. The van der Waals surface area contributed by atoms with Crippen LogP contribution in [0.1, 0.15) is 24.1 Å². The first-order chi connectivity index (χ1) is 8.65. The Morgan fingerprint density at radius 1 is 1.06 bits per heavy atom. The Balaban J connectivity index is 1.93. The third kappa shape index (κ3) is 3.65. The summed E-state index contributed by atoms with van der Waals surface area (Å²) >= 11 is 3.42. The minimum Gasteiger partial charge on any atom is -0.306 e. The Hall–Kier alpha value is -1.19. The highest BCUT2D eigenvalue weighted by Gasteiger charge is 2.04. The van der Waals surface area contributed by atoms with E-state index in [0.29, 0.717) is 0 Å². The van der Waals surface area contributed by atoms with E-state index in [1.54, 1.807) is 12.1 Å². The highest BCUT2D eigenvalue weighted by Crippen LogP contribution is 2.17. The average molecular weight is 308 g/mol. The molecule has 0 aliphatic carbocycles. The number of rotatable bonds is 4. The van der Waals surface area contributed by atoms with Gasteiger partial charge in [-0.3, -0.25) is 0 Å². The molecule has 0 radical (unpaired) electrons. The maximum absolute atomic E-state index is 12.8. The molecule has 1 atom stereocenters. The van der Waals surface area contributed by atoms with E-state index >= 15 is 0 Å². The quantitative estimate of drug-likeness (QED) is 0.880. The summed E-state index contributed by atoms with van der Waals surface area (Å²) in [6.07, 6.45) is 0. The topological polar surface area (TPSA) is 12.0 Å². The molecule has 0 saturated carbocycles. The number of nitrogens with one attached hydrogen (secondary N) is 1. The standard InChI is InChI=1S/C15H15BrFN/c1-11(13-4-6-14(16)7-5-13)18-10-12-2-8-15(17)9-3-12/h2-9,11,18H,10H2,1H3/t11-/m1/s1. The van der Waals surface area contributed by atoms with Gasteiger partial charge in [-0.2, -0.15) is 0 Å². The van der Waals surface area contributed by atoms with Gasteiger partial charge in [-0.25, -0.2) is 4.39 Å². The van der Waals surface area contributed by atoms with Crippen molar-refractivity contribution in [3.63, 3.8) is 0 Å². The molecular weight excluding hydrogens is 293 g/mol. The van der Waals surface area contributed by atoms with Gasteiger partial charge in [0.1, 0.15) is 5.82 Å². The molecule has 2 rings (SSSR count). The van der Waals surface area contributed by atoms with Crippen LogP contribution in [-0.4, -0.2) is 0 Å². The van der Waals surface area contributed by atoms with E-state index in [2.05, 4.69) is 40.3 Å². The molecule has 0 bridgehead atoms. The zero-order valence-electron chi connectivity index (χ0n) is 10.2. The Morgan fingerprint density at radius 2 is 1.67 bits per heavy atom. The van der Waals surface area contributed by atoms with Gasteiger partial charge in [0, 0.05) is 17.1 Å². The van der Waals surface area contributed by atoms with Gasteiger partial charge in [-0.05, 0) is 42.3 Å². The molecule has 2 aromatic rings. The summed E-state index contributed by atoms with van der Waals surface area (Å²) in [6, 6.07) is 15.1. The third-order valence-electron chi connectivity index (χ3n) is 2.90. The fourth-order valence-corrected chi connectivity index (χ4v) is 2.01. The largest absolute Gasteiger partial charge is 0.306 e. The predicted octanol–water partition coefficient (Wildman–Crippen LogP) is 4.44. The maximum Gasteiger partial charge on any atom is 0.123 e. The Kier molecular flexibility index (Phi) is 4.50. The van der Waals surface area contributed by atoms with Crippen LogP contribution in [0.5, 0.6) is 0 Å². The summed E-state index contributed by atoms with van der Waals surface area (Å²) in [6.45, 7) is 2.85. The van der Waals surface area contributed by atoms with E-state index in [-0.39, 0.29) is 11.9 Å². The molecule has 0 heterocycles. The number of hydrogen-bond donors (Lipinski definition) is 1. The van der Waals surface area contributed by atoms with Crippen molar-refractivity contribution in [1.82, 2.24) is 5.32 Å². The lowest BCUT2D eigenvalue weighted by atomic mass is 10.1. The summed E-state index contributed by atoms with van der Waals surface area (Å²) in [5, 5.41) is 3.42.